The first-order valence-corrected chi connectivity index (χ1v) is 8.78. The third-order valence-electron chi connectivity index (χ3n) is 4.43. The second-order valence-corrected chi connectivity index (χ2v) is 6.80. The number of aliphatic carboxylic acids is 1. The van der Waals surface area contributed by atoms with E-state index >= 15 is 0 Å². The standard InChI is InChI=1S/C20H22N4O3/c1-12(2)24-19-14(11-22-24)8-15(10-21-19)20(27)23-17(9-18(25)26)16-7-5-4-6-13(16)3/h4-8,10-12,17H,9H2,1-3H3,(H,23,27)(H,25,26). The van der Waals surface area contributed by atoms with Gasteiger partial charge in [-0.2, -0.15) is 5.10 Å². The Bertz CT molecular complexity index is 994. The molecule has 3 rings (SSSR count). The molecule has 1 unspecified atom stereocenters. The zero-order chi connectivity index (χ0) is 19.6. The number of rotatable bonds is 6. The number of aryl methyl sites for hydroxylation is 1. The highest BCUT2D eigenvalue weighted by Gasteiger charge is 2.21. The molecule has 2 N–H and O–H groups in total. The lowest BCUT2D eigenvalue weighted by Gasteiger charge is -2.19. The number of pyridine rings is 1. The molecular weight excluding hydrogens is 344 g/mol. The summed E-state index contributed by atoms with van der Waals surface area (Å²) in [7, 11) is 0. The molecule has 27 heavy (non-hydrogen) atoms. The number of carbonyl (C=O) groups is 2. The first kappa shape index (κ1) is 18.6. The topological polar surface area (TPSA) is 97.1 Å². The van der Waals surface area contributed by atoms with Crippen LogP contribution in [0.25, 0.3) is 11.0 Å². The van der Waals surface area contributed by atoms with E-state index in [4.69, 9.17) is 0 Å². The van der Waals surface area contributed by atoms with Crippen LogP contribution in [-0.4, -0.2) is 31.7 Å². The number of nitrogens with zero attached hydrogens (tertiary/aromatic N) is 3. The Hall–Kier alpha value is -3.22. The molecule has 140 valence electrons. The highest BCUT2D eigenvalue weighted by atomic mass is 16.4. The minimum Gasteiger partial charge on any atom is -0.481 e. The van der Waals surface area contributed by atoms with Crippen LogP contribution in [0.3, 0.4) is 0 Å². The number of aromatic nitrogens is 3. The molecule has 0 bridgehead atoms. The monoisotopic (exact) mass is 366 g/mol. The molecule has 7 heteroatoms. The van der Waals surface area contributed by atoms with E-state index in [9.17, 15) is 14.7 Å². The largest absolute Gasteiger partial charge is 0.481 e. The first-order chi connectivity index (χ1) is 12.9. The second kappa shape index (κ2) is 7.57. The van der Waals surface area contributed by atoms with Gasteiger partial charge in [-0.1, -0.05) is 24.3 Å². The molecule has 0 fully saturated rings. The molecule has 0 saturated heterocycles. The van der Waals surface area contributed by atoms with Gasteiger partial charge in [0.2, 0.25) is 0 Å². The van der Waals surface area contributed by atoms with Gasteiger partial charge in [-0.3, -0.25) is 9.59 Å². The number of benzene rings is 1. The van der Waals surface area contributed by atoms with E-state index in [-0.39, 0.29) is 18.4 Å². The summed E-state index contributed by atoms with van der Waals surface area (Å²) in [5.41, 5.74) is 2.79. The van der Waals surface area contributed by atoms with Crippen molar-refractivity contribution in [1.29, 1.82) is 0 Å². The van der Waals surface area contributed by atoms with E-state index in [2.05, 4.69) is 15.4 Å². The smallest absolute Gasteiger partial charge is 0.305 e. The summed E-state index contributed by atoms with van der Waals surface area (Å²) in [6.45, 7) is 5.91. The van der Waals surface area contributed by atoms with Crippen molar-refractivity contribution in [2.45, 2.75) is 39.3 Å². The molecule has 1 amide bonds. The van der Waals surface area contributed by atoms with Gasteiger partial charge in [0.15, 0.2) is 5.65 Å². The third-order valence-corrected chi connectivity index (χ3v) is 4.43. The van der Waals surface area contributed by atoms with Crippen LogP contribution in [0.15, 0.2) is 42.7 Å². The van der Waals surface area contributed by atoms with E-state index < -0.39 is 12.0 Å². The Morgan fingerprint density at radius 1 is 1.22 bits per heavy atom. The number of hydrogen-bond acceptors (Lipinski definition) is 4. The molecule has 2 aromatic heterocycles. The average Bonchev–Trinajstić information content (AvgIpc) is 3.04. The van der Waals surface area contributed by atoms with Crippen LogP contribution < -0.4 is 5.32 Å². The Kier molecular flexibility index (Phi) is 5.21. The van der Waals surface area contributed by atoms with Crippen molar-refractivity contribution >= 4 is 22.9 Å². The Morgan fingerprint density at radius 3 is 2.63 bits per heavy atom. The van der Waals surface area contributed by atoms with Gasteiger partial charge in [-0.25, -0.2) is 9.67 Å². The van der Waals surface area contributed by atoms with Gasteiger partial charge in [-0.15, -0.1) is 0 Å². The van der Waals surface area contributed by atoms with Crippen molar-refractivity contribution in [3.8, 4) is 0 Å². The van der Waals surface area contributed by atoms with Crippen molar-refractivity contribution < 1.29 is 14.7 Å². The molecule has 0 spiro atoms. The predicted octanol–water partition coefficient (Wildman–Crippen LogP) is 3.27. The molecule has 3 aromatic rings. The summed E-state index contributed by atoms with van der Waals surface area (Å²) in [4.78, 5) is 28.4. The molecule has 2 heterocycles. The lowest BCUT2D eigenvalue weighted by Crippen LogP contribution is -2.30. The molecule has 0 aliphatic heterocycles. The lowest BCUT2D eigenvalue weighted by atomic mass is 9.98. The van der Waals surface area contributed by atoms with Crippen LogP contribution in [-0.2, 0) is 4.79 Å². The lowest BCUT2D eigenvalue weighted by molar-refractivity contribution is -0.137. The van der Waals surface area contributed by atoms with Gasteiger partial charge in [0.1, 0.15) is 0 Å². The molecule has 1 atom stereocenters. The van der Waals surface area contributed by atoms with E-state index in [1.54, 1.807) is 16.9 Å². The van der Waals surface area contributed by atoms with Gasteiger partial charge in [0.05, 0.1) is 24.2 Å². The van der Waals surface area contributed by atoms with Crippen molar-refractivity contribution in [3.63, 3.8) is 0 Å². The zero-order valence-corrected chi connectivity index (χ0v) is 15.5. The highest BCUT2D eigenvalue weighted by Crippen LogP contribution is 2.22. The fraction of sp³-hybridized carbons (Fsp3) is 0.300. The Balaban J connectivity index is 1.88. The Morgan fingerprint density at radius 2 is 1.96 bits per heavy atom. The summed E-state index contributed by atoms with van der Waals surface area (Å²) in [6, 6.07) is 8.70. The third kappa shape index (κ3) is 3.97. The van der Waals surface area contributed by atoms with Crippen LogP contribution >= 0.6 is 0 Å². The fourth-order valence-corrected chi connectivity index (χ4v) is 3.07. The van der Waals surface area contributed by atoms with Crippen LogP contribution in [0.4, 0.5) is 0 Å². The van der Waals surface area contributed by atoms with E-state index in [1.807, 2.05) is 45.0 Å². The van der Waals surface area contributed by atoms with Gasteiger partial charge < -0.3 is 10.4 Å². The van der Waals surface area contributed by atoms with E-state index in [1.165, 1.54) is 6.20 Å². The first-order valence-electron chi connectivity index (χ1n) is 8.78. The number of carboxylic acids is 1. The molecular formula is C20H22N4O3. The van der Waals surface area contributed by atoms with Gasteiger partial charge in [0.25, 0.3) is 5.91 Å². The van der Waals surface area contributed by atoms with E-state index in [0.717, 1.165) is 16.5 Å². The fourth-order valence-electron chi connectivity index (χ4n) is 3.07. The molecule has 0 saturated carbocycles. The second-order valence-electron chi connectivity index (χ2n) is 6.80. The van der Waals surface area contributed by atoms with Crippen molar-refractivity contribution in [1.82, 2.24) is 20.1 Å². The summed E-state index contributed by atoms with van der Waals surface area (Å²) in [5, 5.41) is 17.1. The molecule has 7 nitrogen and oxygen atoms in total. The maximum atomic E-state index is 12.7. The summed E-state index contributed by atoms with van der Waals surface area (Å²) < 4.78 is 1.79. The minimum atomic E-state index is -0.977. The average molecular weight is 366 g/mol. The maximum Gasteiger partial charge on any atom is 0.305 e. The SMILES string of the molecule is Cc1ccccc1C(CC(=O)O)NC(=O)c1cnc2c(cnn2C(C)C)c1. The molecule has 1 aromatic carbocycles. The zero-order valence-electron chi connectivity index (χ0n) is 15.5. The normalized spacial score (nSPS) is 12.3. The summed E-state index contributed by atoms with van der Waals surface area (Å²) in [5.74, 6) is -1.34. The summed E-state index contributed by atoms with van der Waals surface area (Å²) >= 11 is 0. The molecule has 0 radical (unpaired) electrons. The number of amides is 1. The van der Waals surface area contributed by atoms with Gasteiger partial charge in [0, 0.05) is 17.6 Å². The predicted molar refractivity (Wildman–Crippen MR) is 102 cm³/mol. The maximum absolute atomic E-state index is 12.7. The number of hydrogen-bond donors (Lipinski definition) is 2. The highest BCUT2D eigenvalue weighted by molar-refractivity contribution is 5.97. The van der Waals surface area contributed by atoms with Crippen LogP contribution in [0, 0.1) is 6.92 Å². The van der Waals surface area contributed by atoms with Crippen LogP contribution in [0.5, 0.6) is 0 Å². The minimum absolute atomic E-state index is 0.163. The van der Waals surface area contributed by atoms with Crippen LogP contribution in [0.2, 0.25) is 0 Å². The Labute approximate surface area is 157 Å². The molecule has 0 aliphatic carbocycles. The van der Waals surface area contributed by atoms with Crippen molar-refractivity contribution in [2.75, 3.05) is 0 Å². The van der Waals surface area contributed by atoms with Gasteiger partial charge in [-0.05, 0) is 38.0 Å². The quantitative estimate of drug-likeness (QED) is 0.698. The molecule has 0 aliphatic rings. The van der Waals surface area contributed by atoms with Crippen molar-refractivity contribution in [2.24, 2.45) is 0 Å². The summed E-state index contributed by atoms with van der Waals surface area (Å²) in [6.07, 6.45) is 2.97. The van der Waals surface area contributed by atoms with Crippen molar-refractivity contribution in [3.05, 3.63) is 59.4 Å². The number of carboxylic acid groups (broad SMARTS) is 1. The number of nitrogens with one attached hydrogen (secondary N) is 1. The van der Waals surface area contributed by atoms with Crippen LogP contribution in [0.1, 0.15) is 53.8 Å². The number of carbonyl (C=O) groups excluding carboxylic acids is 1. The van der Waals surface area contributed by atoms with Gasteiger partial charge >= 0.3 is 5.97 Å². The number of fused-ring (bicyclic) bond motifs is 1. The van der Waals surface area contributed by atoms with E-state index in [0.29, 0.717) is 11.2 Å².